The number of rotatable bonds is 5. The molecule has 0 aliphatic rings. The van der Waals surface area contributed by atoms with Gasteiger partial charge in [0.05, 0.1) is 6.20 Å². The van der Waals surface area contributed by atoms with Crippen molar-refractivity contribution in [1.29, 1.82) is 0 Å². The van der Waals surface area contributed by atoms with Gasteiger partial charge >= 0.3 is 0 Å². The van der Waals surface area contributed by atoms with E-state index in [0.29, 0.717) is 18.2 Å². The van der Waals surface area contributed by atoms with Crippen LogP contribution in [-0.2, 0) is 6.54 Å². The third-order valence-corrected chi connectivity index (χ3v) is 2.73. The molecule has 0 aromatic carbocycles. The predicted octanol–water partition coefficient (Wildman–Crippen LogP) is 1.92. The number of nitrogens with zero attached hydrogens (tertiary/aromatic N) is 4. The molecule has 0 amide bonds. The third kappa shape index (κ3) is 3.14. The molecule has 1 N–H and O–H groups in total. The molecule has 2 heterocycles. The van der Waals surface area contributed by atoms with E-state index in [4.69, 9.17) is 0 Å². The third-order valence-electron chi connectivity index (χ3n) is 2.73. The van der Waals surface area contributed by atoms with Crippen LogP contribution < -0.4 is 5.32 Å². The Hall–Kier alpha value is -1.82. The van der Waals surface area contributed by atoms with E-state index in [-0.39, 0.29) is 5.82 Å². The summed E-state index contributed by atoms with van der Waals surface area (Å²) in [6, 6.07) is 1.49. The van der Waals surface area contributed by atoms with Crippen LogP contribution in [-0.4, -0.2) is 26.3 Å². The van der Waals surface area contributed by atoms with Crippen LogP contribution in [0.5, 0.6) is 0 Å². The number of hydrogen-bond acceptors (Lipinski definition) is 4. The highest BCUT2D eigenvalue weighted by Gasteiger charge is 2.12. The monoisotopic (exact) mass is 263 g/mol. The van der Waals surface area contributed by atoms with Crippen molar-refractivity contribution < 1.29 is 4.39 Å². The van der Waals surface area contributed by atoms with Gasteiger partial charge in [0.15, 0.2) is 5.82 Å². The molecule has 0 radical (unpaired) electrons. The van der Waals surface area contributed by atoms with Crippen molar-refractivity contribution in [3.05, 3.63) is 35.3 Å². The van der Waals surface area contributed by atoms with Crippen molar-refractivity contribution in [3.8, 4) is 5.82 Å². The van der Waals surface area contributed by atoms with Crippen molar-refractivity contribution in [3.63, 3.8) is 0 Å². The standard InChI is InChI=1S/C13H18FN5/c1-4-5-15-7-11-6-12(14)8-16-13(11)19-10(3)17-9(2)18-19/h6,8,15H,4-5,7H2,1-3H3. The molecule has 0 aliphatic heterocycles. The number of pyridine rings is 1. The molecule has 0 unspecified atom stereocenters. The van der Waals surface area contributed by atoms with Gasteiger partial charge in [0, 0.05) is 12.1 Å². The minimum absolute atomic E-state index is 0.341. The highest BCUT2D eigenvalue weighted by atomic mass is 19.1. The topological polar surface area (TPSA) is 55.6 Å². The lowest BCUT2D eigenvalue weighted by Crippen LogP contribution is -2.17. The number of aryl methyl sites for hydroxylation is 2. The van der Waals surface area contributed by atoms with E-state index in [1.165, 1.54) is 12.3 Å². The maximum absolute atomic E-state index is 13.3. The number of nitrogens with one attached hydrogen (secondary N) is 1. The number of halogens is 1. The summed E-state index contributed by atoms with van der Waals surface area (Å²) in [5, 5.41) is 7.54. The maximum Gasteiger partial charge on any atom is 0.160 e. The summed E-state index contributed by atoms with van der Waals surface area (Å²) in [4.78, 5) is 8.39. The van der Waals surface area contributed by atoms with E-state index in [9.17, 15) is 4.39 Å². The fourth-order valence-electron chi connectivity index (χ4n) is 1.92. The van der Waals surface area contributed by atoms with Crippen LogP contribution in [0.3, 0.4) is 0 Å². The van der Waals surface area contributed by atoms with Crippen LogP contribution in [0.25, 0.3) is 5.82 Å². The van der Waals surface area contributed by atoms with Crippen LogP contribution in [0.15, 0.2) is 12.3 Å². The van der Waals surface area contributed by atoms with Crippen LogP contribution in [0.4, 0.5) is 4.39 Å². The Morgan fingerprint density at radius 2 is 2.16 bits per heavy atom. The molecule has 19 heavy (non-hydrogen) atoms. The minimum Gasteiger partial charge on any atom is -0.313 e. The fraction of sp³-hybridized carbons (Fsp3) is 0.462. The van der Waals surface area contributed by atoms with Gasteiger partial charge in [-0.2, -0.15) is 4.68 Å². The van der Waals surface area contributed by atoms with Crippen molar-refractivity contribution in [2.75, 3.05) is 6.54 Å². The number of aromatic nitrogens is 4. The zero-order valence-electron chi connectivity index (χ0n) is 11.4. The second kappa shape index (κ2) is 5.88. The molecular formula is C13H18FN5. The van der Waals surface area contributed by atoms with Crippen molar-refractivity contribution >= 4 is 0 Å². The molecule has 6 heteroatoms. The second-order valence-electron chi connectivity index (χ2n) is 4.43. The summed E-state index contributed by atoms with van der Waals surface area (Å²) in [6.45, 7) is 7.20. The molecule has 0 aliphatic carbocycles. The lowest BCUT2D eigenvalue weighted by molar-refractivity contribution is 0.606. The first-order valence-electron chi connectivity index (χ1n) is 6.37. The van der Waals surface area contributed by atoms with Gasteiger partial charge in [-0.25, -0.2) is 14.4 Å². The summed E-state index contributed by atoms with van der Waals surface area (Å²) in [5.74, 6) is 1.71. The first-order chi connectivity index (χ1) is 9.11. The molecule has 5 nitrogen and oxygen atoms in total. The normalized spacial score (nSPS) is 10.9. The largest absolute Gasteiger partial charge is 0.313 e. The Balaban J connectivity index is 2.36. The van der Waals surface area contributed by atoms with Gasteiger partial charge < -0.3 is 5.32 Å². The van der Waals surface area contributed by atoms with Gasteiger partial charge in [-0.3, -0.25) is 0 Å². The Bertz CT molecular complexity index is 564. The van der Waals surface area contributed by atoms with E-state index in [1.807, 2.05) is 13.8 Å². The Morgan fingerprint density at radius 3 is 2.79 bits per heavy atom. The summed E-state index contributed by atoms with van der Waals surface area (Å²) in [5.41, 5.74) is 0.779. The fourth-order valence-corrected chi connectivity index (χ4v) is 1.92. The van der Waals surface area contributed by atoms with Crippen molar-refractivity contribution in [2.24, 2.45) is 0 Å². The molecule has 0 bridgehead atoms. The van der Waals surface area contributed by atoms with Crippen LogP contribution in [0, 0.1) is 19.7 Å². The van der Waals surface area contributed by atoms with Crippen molar-refractivity contribution in [2.45, 2.75) is 33.7 Å². The molecule has 0 atom stereocenters. The molecule has 0 saturated heterocycles. The molecule has 2 aromatic heterocycles. The van der Waals surface area contributed by atoms with Crippen LogP contribution in [0.1, 0.15) is 30.6 Å². The average molecular weight is 263 g/mol. The van der Waals surface area contributed by atoms with E-state index in [2.05, 4.69) is 27.3 Å². The van der Waals surface area contributed by atoms with E-state index < -0.39 is 0 Å². The van der Waals surface area contributed by atoms with Gasteiger partial charge in [-0.1, -0.05) is 6.92 Å². The SMILES string of the molecule is CCCNCc1cc(F)cnc1-n1nc(C)nc1C. The lowest BCUT2D eigenvalue weighted by atomic mass is 10.2. The highest BCUT2D eigenvalue weighted by Crippen LogP contribution is 2.14. The molecule has 0 spiro atoms. The molecule has 2 aromatic rings. The van der Waals surface area contributed by atoms with Gasteiger partial charge in [-0.05, 0) is 32.9 Å². The molecular weight excluding hydrogens is 245 g/mol. The zero-order valence-corrected chi connectivity index (χ0v) is 11.4. The van der Waals surface area contributed by atoms with Gasteiger partial charge in [-0.15, -0.1) is 5.10 Å². The van der Waals surface area contributed by atoms with Crippen LogP contribution in [0.2, 0.25) is 0 Å². The Morgan fingerprint density at radius 1 is 1.37 bits per heavy atom. The van der Waals surface area contributed by atoms with Gasteiger partial charge in [0.25, 0.3) is 0 Å². The highest BCUT2D eigenvalue weighted by molar-refractivity contribution is 5.34. The summed E-state index contributed by atoms with van der Waals surface area (Å²) in [7, 11) is 0. The Kier molecular flexibility index (Phi) is 4.21. The van der Waals surface area contributed by atoms with E-state index >= 15 is 0 Å². The van der Waals surface area contributed by atoms with Gasteiger partial charge in [0.1, 0.15) is 17.5 Å². The predicted molar refractivity (Wildman–Crippen MR) is 70.6 cm³/mol. The summed E-state index contributed by atoms with van der Waals surface area (Å²) >= 11 is 0. The molecule has 102 valence electrons. The quantitative estimate of drug-likeness (QED) is 0.837. The van der Waals surface area contributed by atoms with E-state index in [0.717, 1.165) is 24.4 Å². The lowest BCUT2D eigenvalue weighted by Gasteiger charge is -2.10. The second-order valence-corrected chi connectivity index (χ2v) is 4.43. The Labute approximate surface area is 111 Å². The average Bonchev–Trinajstić information content (AvgIpc) is 2.69. The van der Waals surface area contributed by atoms with Crippen LogP contribution >= 0.6 is 0 Å². The van der Waals surface area contributed by atoms with E-state index in [1.54, 1.807) is 4.68 Å². The number of hydrogen-bond donors (Lipinski definition) is 1. The molecule has 0 fully saturated rings. The zero-order chi connectivity index (χ0) is 13.8. The molecule has 0 saturated carbocycles. The summed E-state index contributed by atoms with van der Waals surface area (Å²) in [6.07, 6.45) is 2.23. The van der Waals surface area contributed by atoms with Gasteiger partial charge in [0.2, 0.25) is 0 Å². The smallest absolute Gasteiger partial charge is 0.160 e. The first-order valence-corrected chi connectivity index (χ1v) is 6.37. The summed E-state index contributed by atoms with van der Waals surface area (Å²) < 4.78 is 15.0. The minimum atomic E-state index is -0.341. The maximum atomic E-state index is 13.3. The first kappa shape index (κ1) is 13.6. The molecule has 2 rings (SSSR count). The van der Waals surface area contributed by atoms with Crippen molar-refractivity contribution in [1.82, 2.24) is 25.1 Å².